The molecule has 1 aromatic rings. The Bertz CT molecular complexity index is 328. The molecule has 0 bridgehead atoms. The average Bonchev–Trinajstić information content (AvgIpc) is 1.98. The third-order valence-electron chi connectivity index (χ3n) is 2.01. The normalized spacial score (nSPS) is 11.8. The summed E-state index contributed by atoms with van der Waals surface area (Å²) in [6.07, 6.45) is -4.48. The van der Waals surface area contributed by atoms with E-state index >= 15 is 0 Å². The van der Waals surface area contributed by atoms with Crippen molar-refractivity contribution in [3.8, 4) is 5.75 Å². The van der Waals surface area contributed by atoms with Crippen molar-refractivity contribution in [2.24, 2.45) is 0 Å². The zero-order valence-corrected chi connectivity index (χ0v) is 7.24. The second kappa shape index (κ2) is 2.94. The van der Waals surface area contributed by atoms with Crippen LogP contribution >= 0.6 is 0 Å². The molecule has 13 heavy (non-hydrogen) atoms. The molecule has 0 aliphatic carbocycles. The molecule has 0 fully saturated rings. The van der Waals surface area contributed by atoms with Gasteiger partial charge in [-0.25, -0.2) is 0 Å². The van der Waals surface area contributed by atoms with Crippen LogP contribution in [-0.2, 0) is 6.18 Å². The number of phenols is 1. The van der Waals surface area contributed by atoms with E-state index in [1.165, 1.54) is 13.0 Å². The van der Waals surface area contributed by atoms with Crippen molar-refractivity contribution in [1.82, 2.24) is 0 Å². The van der Waals surface area contributed by atoms with E-state index in [2.05, 4.69) is 0 Å². The van der Waals surface area contributed by atoms with Crippen LogP contribution in [-0.4, -0.2) is 5.11 Å². The number of aromatic hydroxyl groups is 1. The van der Waals surface area contributed by atoms with Crippen LogP contribution in [0.15, 0.2) is 12.1 Å². The molecule has 0 heterocycles. The van der Waals surface area contributed by atoms with Gasteiger partial charge in [0.15, 0.2) is 0 Å². The molecule has 0 atom stereocenters. The highest BCUT2D eigenvalue weighted by atomic mass is 19.4. The van der Waals surface area contributed by atoms with Gasteiger partial charge >= 0.3 is 6.18 Å². The second-order valence-electron chi connectivity index (χ2n) is 2.90. The van der Waals surface area contributed by atoms with Gasteiger partial charge in [-0.3, -0.25) is 0 Å². The maximum atomic E-state index is 12.2. The van der Waals surface area contributed by atoms with Crippen molar-refractivity contribution >= 4 is 0 Å². The van der Waals surface area contributed by atoms with Crippen molar-refractivity contribution in [3.63, 3.8) is 0 Å². The summed E-state index contributed by atoms with van der Waals surface area (Å²) in [5.74, 6) is -0.674. The first-order valence-corrected chi connectivity index (χ1v) is 3.70. The number of phenolic OH excluding ortho intramolecular Hbond substituents is 1. The SMILES string of the molecule is Cc1ccc(C(F)(F)F)c(O)c1C. The number of rotatable bonds is 0. The standard InChI is InChI=1S/C9H9F3O/c1-5-3-4-7(9(10,11)12)8(13)6(5)2/h3-4,13H,1-2H3. The summed E-state index contributed by atoms with van der Waals surface area (Å²) in [6, 6.07) is 2.23. The lowest BCUT2D eigenvalue weighted by atomic mass is 10.0. The first kappa shape index (κ1) is 9.89. The predicted molar refractivity (Wildman–Crippen MR) is 42.6 cm³/mol. The molecular formula is C9H9F3O. The number of alkyl halides is 3. The van der Waals surface area contributed by atoms with Crippen molar-refractivity contribution in [3.05, 3.63) is 28.8 Å². The summed E-state index contributed by atoms with van der Waals surface area (Å²) >= 11 is 0. The summed E-state index contributed by atoms with van der Waals surface area (Å²) in [5, 5.41) is 9.19. The van der Waals surface area contributed by atoms with E-state index in [0.717, 1.165) is 6.07 Å². The smallest absolute Gasteiger partial charge is 0.419 e. The minimum Gasteiger partial charge on any atom is -0.507 e. The van der Waals surface area contributed by atoms with Crippen molar-refractivity contribution < 1.29 is 18.3 Å². The van der Waals surface area contributed by atoms with Gasteiger partial charge in [-0.2, -0.15) is 13.2 Å². The average molecular weight is 190 g/mol. The summed E-state index contributed by atoms with van der Waals surface area (Å²) in [6.45, 7) is 3.11. The quantitative estimate of drug-likeness (QED) is 0.666. The molecule has 0 saturated carbocycles. The second-order valence-corrected chi connectivity index (χ2v) is 2.90. The van der Waals surface area contributed by atoms with Crippen LogP contribution in [0.3, 0.4) is 0 Å². The third-order valence-corrected chi connectivity index (χ3v) is 2.01. The van der Waals surface area contributed by atoms with Gasteiger partial charge in [0.05, 0.1) is 5.56 Å². The van der Waals surface area contributed by atoms with E-state index in [9.17, 15) is 18.3 Å². The van der Waals surface area contributed by atoms with E-state index in [1.54, 1.807) is 6.92 Å². The van der Waals surface area contributed by atoms with E-state index in [0.29, 0.717) is 5.56 Å². The highest BCUT2D eigenvalue weighted by Crippen LogP contribution is 2.37. The molecule has 72 valence electrons. The van der Waals surface area contributed by atoms with E-state index < -0.39 is 17.5 Å². The largest absolute Gasteiger partial charge is 0.507 e. The number of aryl methyl sites for hydroxylation is 1. The van der Waals surface area contributed by atoms with Crippen LogP contribution in [0.4, 0.5) is 13.2 Å². The summed E-state index contributed by atoms with van der Waals surface area (Å²) in [5.41, 5.74) is -0.0593. The Balaban J connectivity index is 3.35. The Morgan fingerprint density at radius 3 is 2.15 bits per heavy atom. The van der Waals surface area contributed by atoms with Gasteiger partial charge in [0.1, 0.15) is 5.75 Å². The van der Waals surface area contributed by atoms with E-state index in [-0.39, 0.29) is 5.56 Å². The monoisotopic (exact) mass is 190 g/mol. The molecule has 1 aromatic carbocycles. The van der Waals surface area contributed by atoms with Crippen molar-refractivity contribution in [1.29, 1.82) is 0 Å². The Morgan fingerprint density at radius 1 is 1.15 bits per heavy atom. The zero-order chi connectivity index (χ0) is 10.2. The minimum absolute atomic E-state index is 0.273. The molecular weight excluding hydrogens is 181 g/mol. The summed E-state index contributed by atoms with van der Waals surface area (Å²) < 4.78 is 36.6. The number of halogens is 3. The maximum Gasteiger partial charge on any atom is 0.419 e. The highest BCUT2D eigenvalue weighted by molar-refractivity contribution is 5.45. The molecule has 1 N–H and O–H groups in total. The first-order chi connectivity index (χ1) is 5.84. The molecule has 4 heteroatoms. The topological polar surface area (TPSA) is 20.2 Å². The fourth-order valence-electron chi connectivity index (χ4n) is 1.03. The molecule has 0 saturated heterocycles. The number of hydrogen-bond acceptors (Lipinski definition) is 1. The van der Waals surface area contributed by atoms with Crippen LogP contribution in [0.1, 0.15) is 16.7 Å². The lowest BCUT2D eigenvalue weighted by Gasteiger charge is -2.11. The zero-order valence-electron chi connectivity index (χ0n) is 7.24. The van der Waals surface area contributed by atoms with Crippen molar-refractivity contribution in [2.45, 2.75) is 20.0 Å². The number of benzene rings is 1. The molecule has 1 rings (SSSR count). The van der Waals surface area contributed by atoms with Gasteiger partial charge in [-0.05, 0) is 31.0 Å². The van der Waals surface area contributed by atoms with Gasteiger partial charge in [0.2, 0.25) is 0 Å². The van der Waals surface area contributed by atoms with Gasteiger partial charge in [-0.1, -0.05) is 6.07 Å². The molecule has 0 aliphatic rings. The maximum absolute atomic E-state index is 12.2. The first-order valence-electron chi connectivity index (χ1n) is 3.70. The van der Waals surface area contributed by atoms with Crippen LogP contribution in [0.5, 0.6) is 5.75 Å². The molecule has 0 spiro atoms. The molecule has 1 nitrogen and oxygen atoms in total. The highest BCUT2D eigenvalue weighted by Gasteiger charge is 2.34. The lowest BCUT2D eigenvalue weighted by molar-refractivity contribution is -0.138. The lowest BCUT2D eigenvalue weighted by Crippen LogP contribution is -2.06. The Kier molecular flexibility index (Phi) is 2.24. The van der Waals surface area contributed by atoms with Crippen LogP contribution in [0.25, 0.3) is 0 Å². The van der Waals surface area contributed by atoms with Crippen LogP contribution in [0.2, 0.25) is 0 Å². The number of hydrogen-bond donors (Lipinski definition) is 1. The van der Waals surface area contributed by atoms with Gasteiger partial charge in [-0.15, -0.1) is 0 Å². The Morgan fingerprint density at radius 2 is 1.69 bits per heavy atom. The van der Waals surface area contributed by atoms with Crippen LogP contribution in [0, 0.1) is 13.8 Å². The molecule has 0 aromatic heterocycles. The summed E-state index contributed by atoms with van der Waals surface area (Å²) in [4.78, 5) is 0. The fraction of sp³-hybridized carbons (Fsp3) is 0.333. The van der Waals surface area contributed by atoms with E-state index in [1.807, 2.05) is 0 Å². The molecule has 0 radical (unpaired) electrons. The Labute approximate surface area is 73.8 Å². The molecule has 0 aliphatic heterocycles. The fourth-order valence-corrected chi connectivity index (χ4v) is 1.03. The van der Waals surface area contributed by atoms with Gasteiger partial charge in [0, 0.05) is 0 Å². The van der Waals surface area contributed by atoms with E-state index in [4.69, 9.17) is 0 Å². The van der Waals surface area contributed by atoms with Crippen LogP contribution < -0.4 is 0 Å². The Hall–Kier alpha value is -1.19. The molecule has 0 unspecified atom stereocenters. The minimum atomic E-state index is -4.48. The predicted octanol–water partition coefficient (Wildman–Crippen LogP) is 3.03. The third kappa shape index (κ3) is 1.76. The molecule has 0 amide bonds. The van der Waals surface area contributed by atoms with Gasteiger partial charge < -0.3 is 5.11 Å². The summed E-state index contributed by atoms with van der Waals surface area (Å²) in [7, 11) is 0. The van der Waals surface area contributed by atoms with Gasteiger partial charge in [0.25, 0.3) is 0 Å². The van der Waals surface area contributed by atoms with Crippen molar-refractivity contribution in [2.75, 3.05) is 0 Å².